The van der Waals surface area contributed by atoms with E-state index in [9.17, 15) is 5.21 Å². The second kappa shape index (κ2) is 7.26. The number of nitrogens with one attached hydrogen (secondary N) is 1. The van der Waals surface area contributed by atoms with Crippen LogP contribution in [0, 0.1) is 6.42 Å². The van der Waals surface area contributed by atoms with Crippen molar-refractivity contribution in [2.24, 2.45) is 0 Å². The zero-order valence-electron chi connectivity index (χ0n) is 15.7. The second-order valence-electron chi connectivity index (χ2n) is 7.36. The van der Waals surface area contributed by atoms with E-state index >= 15 is 0 Å². The van der Waals surface area contributed by atoms with Crippen LogP contribution in [0.2, 0.25) is 0 Å². The van der Waals surface area contributed by atoms with Crippen molar-refractivity contribution >= 4 is 27.9 Å². The molecule has 3 aromatic rings. The van der Waals surface area contributed by atoms with Crippen molar-refractivity contribution in [3.8, 4) is 0 Å². The second-order valence-corrected chi connectivity index (χ2v) is 7.36. The first-order valence-corrected chi connectivity index (χ1v) is 9.72. The molecule has 2 heterocycles. The van der Waals surface area contributed by atoms with E-state index in [4.69, 9.17) is 0 Å². The number of fused-ring (bicyclic) bond motifs is 1. The normalized spacial score (nSPS) is 16.9. The SMILES string of the molecule is ONc1cc(CN2CCN(c3ccccc3)CC2)c(C2=C[CH]2)c2ncccc12. The summed E-state index contributed by atoms with van der Waals surface area (Å²) in [6.07, 6.45) is 6.08. The van der Waals surface area contributed by atoms with Gasteiger partial charge in [0.2, 0.25) is 0 Å². The van der Waals surface area contributed by atoms with Gasteiger partial charge in [0.05, 0.1) is 11.2 Å². The molecule has 1 aliphatic carbocycles. The average molecular weight is 371 g/mol. The fourth-order valence-electron chi connectivity index (χ4n) is 4.09. The third-order valence-corrected chi connectivity index (χ3v) is 5.60. The van der Waals surface area contributed by atoms with Crippen molar-refractivity contribution < 1.29 is 5.21 Å². The Kier molecular flexibility index (Phi) is 4.47. The Morgan fingerprint density at radius 2 is 1.79 bits per heavy atom. The number of aromatic nitrogens is 1. The number of anilines is 2. The fraction of sp³-hybridized carbons (Fsp3) is 0.217. The standard InChI is InChI=1S/C23H23N4O/c28-25-21-15-18(22(17-8-9-17)23-20(21)7-4-10-24-23)16-26-11-13-27(14-12-26)19-5-2-1-3-6-19/h1-10,15,25,28H,11-14,16H2. The summed E-state index contributed by atoms with van der Waals surface area (Å²) in [7, 11) is 0. The Morgan fingerprint density at radius 1 is 1.00 bits per heavy atom. The van der Waals surface area contributed by atoms with Crippen molar-refractivity contribution in [2.45, 2.75) is 6.54 Å². The zero-order valence-corrected chi connectivity index (χ0v) is 15.7. The molecule has 0 atom stereocenters. The van der Waals surface area contributed by atoms with Gasteiger partial charge in [0, 0.05) is 62.0 Å². The monoisotopic (exact) mass is 371 g/mol. The topological polar surface area (TPSA) is 51.6 Å². The Morgan fingerprint density at radius 3 is 2.50 bits per heavy atom. The van der Waals surface area contributed by atoms with E-state index < -0.39 is 0 Å². The summed E-state index contributed by atoms with van der Waals surface area (Å²) in [6, 6.07) is 16.6. The number of nitrogens with zero attached hydrogens (tertiary/aromatic N) is 3. The van der Waals surface area contributed by atoms with Crippen molar-refractivity contribution in [2.75, 3.05) is 36.6 Å². The predicted molar refractivity (Wildman–Crippen MR) is 113 cm³/mol. The van der Waals surface area contributed by atoms with Gasteiger partial charge >= 0.3 is 0 Å². The zero-order chi connectivity index (χ0) is 18.9. The highest BCUT2D eigenvalue weighted by molar-refractivity contribution is 6.04. The molecule has 141 valence electrons. The van der Waals surface area contributed by atoms with Crippen LogP contribution in [0.3, 0.4) is 0 Å². The summed E-state index contributed by atoms with van der Waals surface area (Å²) in [6.45, 7) is 4.92. The highest BCUT2D eigenvalue weighted by Crippen LogP contribution is 2.39. The minimum Gasteiger partial charge on any atom is -0.369 e. The predicted octanol–water partition coefficient (Wildman–Crippen LogP) is 3.96. The molecule has 5 nitrogen and oxygen atoms in total. The molecule has 28 heavy (non-hydrogen) atoms. The number of benzene rings is 2. The lowest BCUT2D eigenvalue weighted by Gasteiger charge is -2.36. The first-order chi connectivity index (χ1) is 13.8. The Bertz CT molecular complexity index is 1020. The van der Waals surface area contributed by atoms with Gasteiger partial charge in [0.1, 0.15) is 0 Å². The molecule has 2 aliphatic rings. The van der Waals surface area contributed by atoms with Gasteiger partial charge in [0.25, 0.3) is 0 Å². The van der Waals surface area contributed by atoms with Crippen LogP contribution in [0.4, 0.5) is 11.4 Å². The maximum atomic E-state index is 9.65. The summed E-state index contributed by atoms with van der Waals surface area (Å²) in [4.78, 5) is 9.54. The molecule has 2 N–H and O–H groups in total. The summed E-state index contributed by atoms with van der Waals surface area (Å²) in [5, 5.41) is 10.6. The summed E-state index contributed by atoms with van der Waals surface area (Å²) < 4.78 is 0. The molecular weight excluding hydrogens is 348 g/mol. The molecule has 0 amide bonds. The Labute approximate surface area is 164 Å². The van der Waals surface area contributed by atoms with Gasteiger partial charge in [-0.2, -0.15) is 0 Å². The first kappa shape index (κ1) is 17.2. The van der Waals surface area contributed by atoms with Gasteiger partial charge in [-0.3, -0.25) is 20.6 Å². The van der Waals surface area contributed by atoms with Crippen molar-refractivity contribution in [1.82, 2.24) is 9.88 Å². The summed E-state index contributed by atoms with van der Waals surface area (Å²) in [5.74, 6) is 0. The van der Waals surface area contributed by atoms with Crippen LogP contribution in [0.5, 0.6) is 0 Å². The number of hydrogen-bond acceptors (Lipinski definition) is 5. The molecule has 0 saturated carbocycles. The van der Waals surface area contributed by atoms with E-state index in [0.717, 1.165) is 43.6 Å². The lowest BCUT2D eigenvalue weighted by Crippen LogP contribution is -2.46. The lowest BCUT2D eigenvalue weighted by atomic mass is 9.98. The lowest BCUT2D eigenvalue weighted by molar-refractivity contribution is 0.250. The van der Waals surface area contributed by atoms with Crippen LogP contribution in [-0.2, 0) is 6.54 Å². The van der Waals surface area contributed by atoms with Crippen LogP contribution >= 0.6 is 0 Å². The van der Waals surface area contributed by atoms with Crippen molar-refractivity contribution in [3.63, 3.8) is 0 Å². The van der Waals surface area contributed by atoms with Crippen LogP contribution in [-0.4, -0.2) is 41.3 Å². The summed E-state index contributed by atoms with van der Waals surface area (Å²) in [5.41, 5.74) is 8.96. The van der Waals surface area contributed by atoms with E-state index in [1.807, 2.05) is 18.3 Å². The highest BCUT2D eigenvalue weighted by Gasteiger charge is 2.24. The van der Waals surface area contributed by atoms with Crippen LogP contribution in [0.15, 0.2) is 60.8 Å². The maximum Gasteiger partial charge on any atom is 0.0802 e. The van der Waals surface area contributed by atoms with Crippen LogP contribution < -0.4 is 10.4 Å². The molecule has 1 aliphatic heterocycles. The van der Waals surface area contributed by atoms with E-state index in [2.05, 4.69) is 69.2 Å². The number of hydrogen-bond donors (Lipinski definition) is 2. The number of piperazine rings is 1. The molecule has 0 bridgehead atoms. The molecule has 0 unspecified atom stereocenters. The Balaban J connectivity index is 1.40. The Hall–Kier alpha value is -2.89. The van der Waals surface area contributed by atoms with E-state index in [1.54, 1.807) is 0 Å². The molecule has 1 fully saturated rings. The van der Waals surface area contributed by atoms with Crippen LogP contribution in [0.1, 0.15) is 11.1 Å². The molecule has 5 heteroatoms. The maximum absolute atomic E-state index is 9.65. The van der Waals surface area contributed by atoms with Gasteiger partial charge in [-0.05, 0) is 41.5 Å². The quantitative estimate of drug-likeness (QED) is 0.665. The molecular formula is C23H23N4O. The molecule has 1 aromatic heterocycles. The minimum absolute atomic E-state index is 0.714. The van der Waals surface area contributed by atoms with Gasteiger partial charge in [0.15, 0.2) is 0 Å². The highest BCUT2D eigenvalue weighted by atomic mass is 16.5. The minimum atomic E-state index is 0.714. The van der Waals surface area contributed by atoms with Gasteiger partial charge in [-0.15, -0.1) is 0 Å². The van der Waals surface area contributed by atoms with Gasteiger partial charge in [-0.1, -0.05) is 24.3 Å². The third-order valence-electron chi connectivity index (χ3n) is 5.60. The molecule has 1 radical (unpaired) electrons. The number of allylic oxidation sites excluding steroid dienone is 2. The van der Waals surface area contributed by atoms with Crippen molar-refractivity contribution in [1.29, 1.82) is 0 Å². The molecule has 2 aromatic carbocycles. The third kappa shape index (κ3) is 3.23. The van der Waals surface area contributed by atoms with Crippen LogP contribution in [0.25, 0.3) is 16.5 Å². The smallest absolute Gasteiger partial charge is 0.0802 e. The fourth-order valence-corrected chi connectivity index (χ4v) is 4.09. The molecule has 0 spiro atoms. The van der Waals surface area contributed by atoms with Crippen molar-refractivity contribution in [3.05, 3.63) is 78.4 Å². The van der Waals surface area contributed by atoms with E-state index in [1.165, 1.54) is 22.4 Å². The number of rotatable bonds is 5. The van der Waals surface area contributed by atoms with E-state index in [-0.39, 0.29) is 0 Å². The van der Waals surface area contributed by atoms with Gasteiger partial charge < -0.3 is 4.90 Å². The summed E-state index contributed by atoms with van der Waals surface area (Å²) >= 11 is 0. The molecule has 1 saturated heterocycles. The largest absolute Gasteiger partial charge is 0.369 e. The average Bonchev–Trinajstić information content (AvgIpc) is 3.59. The first-order valence-electron chi connectivity index (χ1n) is 9.72. The number of pyridine rings is 1. The number of para-hydroxylation sites is 1. The van der Waals surface area contributed by atoms with E-state index in [0.29, 0.717) is 5.69 Å². The van der Waals surface area contributed by atoms with Gasteiger partial charge in [-0.25, -0.2) is 0 Å². The molecule has 5 rings (SSSR count).